The highest BCUT2D eigenvalue weighted by Crippen LogP contribution is 2.07. The second-order valence-corrected chi connectivity index (χ2v) is 4.99. The molecule has 2 heterocycles. The molecule has 0 bridgehead atoms. The fourth-order valence-electron chi connectivity index (χ4n) is 2.21. The average molecular weight is 251 g/mol. The van der Waals surface area contributed by atoms with Crippen molar-refractivity contribution in [3.8, 4) is 0 Å². The van der Waals surface area contributed by atoms with Crippen molar-refractivity contribution in [1.82, 2.24) is 19.8 Å². The lowest BCUT2D eigenvalue weighted by molar-refractivity contribution is 0.122. The van der Waals surface area contributed by atoms with E-state index < -0.39 is 0 Å². The van der Waals surface area contributed by atoms with Crippen LogP contribution in [-0.4, -0.2) is 66.1 Å². The lowest BCUT2D eigenvalue weighted by Crippen LogP contribution is -2.52. The van der Waals surface area contributed by atoms with Crippen molar-refractivity contribution in [2.75, 3.05) is 45.6 Å². The van der Waals surface area contributed by atoms with Gasteiger partial charge in [0.05, 0.1) is 0 Å². The first-order valence-corrected chi connectivity index (χ1v) is 6.25. The van der Waals surface area contributed by atoms with Crippen LogP contribution in [0.3, 0.4) is 0 Å². The van der Waals surface area contributed by atoms with E-state index >= 15 is 0 Å². The maximum Gasteiger partial charge on any atom is 0.252 e. The van der Waals surface area contributed by atoms with Crippen LogP contribution in [0.1, 0.15) is 5.82 Å². The molecule has 0 amide bonds. The van der Waals surface area contributed by atoms with Crippen molar-refractivity contribution < 1.29 is 0 Å². The van der Waals surface area contributed by atoms with Gasteiger partial charge in [-0.3, -0.25) is 9.69 Å². The van der Waals surface area contributed by atoms with Gasteiger partial charge in [-0.1, -0.05) is 0 Å². The van der Waals surface area contributed by atoms with Crippen molar-refractivity contribution in [3.63, 3.8) is 0 Å². The summed E-state index contributed by atoms with van der Waals surface area (Å²) in [5, 5.41) is 3.25. The molecule has 6 heteroatoms. The maximum atomic E-state index is 11.3. The highest BCUT2D eigenvalue weighted by molar-refractivity contribution is 5.33. The van der Waals surface area contributed by atoms with Crippen LogP contribution >= 0.6 is 0 Å². The number of H-pyrrole nitrogens is 1. The minimum absolute atomic E-state index is 0.112. The third-order valence-corrected chi connectivity index (χ3v) is 3.36. The summed E-state index contributed by atoms with van der Waals surface area (Å²) in [6.45, 7) is 5.80. The lowest BCUT2D eigenvalue weighted by Gasteiger charge is -2.37. The minimum atomic E-state index is -0.112. The number of aromatic nitrogens is 2. The van der Waals surface area contributed by atoms with E-state index in [2.05, 4.69) is 39.2 Å². The standard InChI is InChI=1S/C12H21N5O/c1-9-14-11(6-12(18)15-9)13-7-10-8-16(2)4-5-17(10)3/h6,10H,4-5,7-8H2,1-3H3,(H2,13,14,15,18). The molecule has 1 fully saturated rings. The molecule has 1 aliphatic rings. The summed E-state index contributed by atoms with van der Waals surface area (Å²) in [5.74, 6) is 1.29. The molecule has 100 valence electrons. The zero-order valence-corrected chi connectivity index (χ0v) is 11.2. The summed E-state index contributed by atoms with van der Waals surface area (Å²) in [6.07, 6.45) is 0. The molecule has 1 aromatic heterocycles. The molecule has 1 aliphatic heterocycles. The maximum absolute atomic E-state index is 11.3. The van der Waals surface area contributed by atoms with Gasteiger partial charge in [0.1, 0.15) is 11.6 Å². The Balaban J connectivity index is 1.96. The Labute approximate surface area is 107 Å². The van der Waals surface area contributed by atoms with Gasteiger partial charge in [0, 0.05) is 38.3 Å². The SMILES string of the molecule is Cc1nc(NCC2CN(C)CCN2C)cc(=O)[nH]1. The molecule has 0 aromatic carbocycles. The zero-order chi connectivity index (χ0) is 13.1. The van der Waals surface area contributed by atoms with E-state index in [1.54, 1.807) is 6.92 Å². The van der Waals surface area contributed by atoms with E-state index in [1.807, 2.05) is 0 Å². The molecule has 1 aromatic rings. The van der Waals surface area contributed by atoms with Gasteiger partial charge < -0.3 is 15.2 Å². The molecular weight excluding hydrogens is 230 g/mol. The summed E-state index contributed by atoms with van der Waals surface area (Å²) in [4.78, 5) is 22.9. The molecule has 0 spiro atoms. The Kier molecular flexibility index (Phi) is 3.98. The van der Waals surface area contributed by atoms with Gasteiger partial charge in [0.25, 0.3) is 5.56 Å². The highest BCUT2D eigenvalue weighted by atomic mass is 16.1. The number of hydrogen-bond acceptors (Lipinski definition) is 5. The fraction of sp³-hybridized carbons (Fsp3) is 0.667. The number of rotatable bonds is 3. The number of likely N-dealkylation sites (N-methyl/N-ethyl adjacent to an activating group) is 2. The monoisotopic (exact) mass is 251 g/mol. The Bertz CT molecular complexity index is 458. The van der Waals surface area contributed by atoms with Gasteiger partial charge in [-0.25, -0.2) is 4.98 Å². The first kappa shape index (κ1) is 13.0. The Morgan fingerprint density at radius 1 is 1.50 bits per heavy atom. The van der Waals surface area contributed by atoms with Crippen LogP contribution in [0.15, 0.2) is 10.9 Å². The Hall–Kier alpha value is -1.40. The third kappa shape index (κ3) is 3.30. The van der Waals surface area contributed by atoms with Crippen molar-refractivity contribution in [3.05, 3.63) is 22.2 Å². The van der Waals surface area contributed by atoms with E-state index in [-0.39, 0.29) is 5.56 Å². The number of hydrogen-bond donors (Lipinski definition) is 2. The van der Waals surface area contributed by atoms with Crippen molar-refractivity contribution in [1.29, 1.82) is 0 Å². The molecule has 0 radical (unpaired) electrons. The molecule has 0 saturated carbocycles. The second kappa shape index (κ2) is 5.49. The van der Waals surface area contributed by atoms with Crippen LogP contribution in [0.25, 0.3) is 0 Å². The first-order chi connectivity index (χ1) is 8.54. The van der Waals surface area contributed by atoms with Gasteiger partial charge in [0.15, 0.2) is 0 Å². The predicted molar refractivity (Wildman–Crippen MR) is 72.0 cm³/mol. The van der Waals surface area contributed by atoms with Gasteiger partial charge in [-0.2, -0.15) is 0 Å². The average Bonchev–Trinajstić information content (AvgIpc) is 2.29. The van der Waals surface area contributed by atoms with Crippen LogP contribution < -0.4 is 10.9 Å². The van der Waals surface area contributed by atoms with E-state index in [4.69, 9.17) is 0 Å². The number of piperazine rings is 1. The quantitative estimate of drug-likeness (QED) is 0.774. The topological polar surface area (TPSA) is 64.3 Å². The summed E-state index contributed by atoms with van der Waals surface area (Å²) < 4.78 is 0. The van der Waals surface area contributed by atoms with Crippen molar-refractivity contribution in [2.45, 2.75) is 13.0 Å². The normalized spacial score (nSPS) is 22.1. The summed E-state index contributed by atoms with van der Waals surface area (Å²) in [6, 6.07) is 1.95. The van der Waals surface area contributed by atoms with Gasteiger partial charge >= 0.3 is 0 Å². The van der Waals surface area contributed by atoms with Crippen molar-refractivity contribution >= 4 is 5.82 Å². The molecule has 18 heavy (non-hydrogen) atoms. The number of anilines is 1. The van der Waals surface area contributed by atoms with E-state index in [0.29, 0.717) is 17.7 Å². The smallest absolute Gasteiger partial charge is 0.252 e. The van der Waals surface area contributed by atoms with Crippen molar-refractivity contribution in [2.24, 2.45) is 0 Å². The third-order valence-electron chi connectivity index (χ3n) is 3.36. The molecule has 1 unspecified atom stereocenters. The number of nitrogens with zero attached hydrogens (tertiary/aromatic N) is 3. The van der Waals surface area contributed by atoms with Crippen LogP contribution in [0.4, 0.5) is 5.82 Å². The fourth-order valence-corrected chi connectivity index (χ4v) is 2.21. The minimum Gasteiger partial charge on any atom is -0.368 e. The van der Waals surface area contributed by atoms with E-state index in [0.717, 1.165) is 26.2 Å². The van der Waals surface area contributed by atoms with Crippen LogP contribution in [0.5, 0.6) is 0 Å². The highest BCUT2D eigenvalue weighted by Gasteiger charge is 2.21. The van der Waals surface area contributed by atoms with Gasteiger partial charge in [-0.05, 0) is 21.0 Å². The largest absolute Gasteiger partial charge is 0.368 e. The van der Waals surface area contributed by atoms with Gasteiger partial charge in [0.2, 0.25) is 0 Å². The summed E-state index contributed by atoms with van der Waals surface area (Å²) >= 11 is 0. The van der Waals surface area contributed by atoms with Crippen LogP contribution in [0.2, 0.25) is 0 Å². The van der Waals surface area contributed by atoms with Crippen LogP contribution in [-0.2, 0) is 0 Å². The number of aromatic amines is 1. The zero-order valence-electron chi connectivity index (χ0n) is 11.2. The molecular formula is C12H21N5O. The summed E-state index contributed by atoms with van der Waals surface area (Å²) in [7, 11) is 4.27. The number of nitrogens with one attached hydrogen (secondary N) is 2. The lowest BCUT2D eigenvalue weighted by atomic mass is 10.2. The molecule has 0 aliphatic carbocycles. The molecule has 1 saturated heterocycles. The molecule has 1 atom stereocenters. The molecule has 2 N–H and O–H groups in total. The number of aryl methyl sites for hydroxylation is 1. The second-order valence-electron chi connectivity index (χ2n) is 4.99. The summed E-state index contributed by atoms with van der Waals surface area (Å²) in [5.41, 5.74) is -0.112. The van der Waals surface area contributed by atoms with Gasteiger partial charge in [-0.15, -0.1) is 0 Å². The molecule has 6 nitrogen and oxygen atoms in total. The Morgan fingerprint density at radius 2 is 2.28 bits per heavy atom. The molecule has 2 rings (SSSR count). The van der Waals surface area contributed by atoms with E-state index in [1.165, 1.54) is 6.07 Å². The Morgan fingerprint density at radius 3 is 3.00 bits per heavy atom. The van der Waals surface area contributed by atoms with E-state index in [9.17, 15) is 4.79 Å². The van der Waals surface area contributed by atoms with Crippen LogP contribution in [0, 0.1) is 6.92 Å². The first-order valence-electron chi connectivity index (χ1n) is 6.25. The predicted octanol–water partition coefficient (Wildman–Crippen LogP) is -0.264.